The maximum Gasteiger partial charge on any atom is 0.330 e. The maximum absolute atomic E-state index is 11.2. The number of allylic oxidation sites excluding steroid dienone is 1. The minimum atomic E-state index is -0.292. The van der Waals surface area contributed by atoms with Gasteiger partial charge in [0.1, 0.15) is 0 Å². The molecule has 1 unspecified atom stereocenters. The Balaban J connectivity index is 1.92. The first kappa shape index (κ1) is 12.8. The molecule has 1 aliphatic heterocycles. The molecule has 0 spiro atoms. The van der Waals surface area contributed by atoms with Crippen molar-refractivity contribution in [3.05, 3.63) is 48.0 Å². The van der Waals surface area contributed by atoms with E-state index in [1.807, 2.05) is 18.2 Å². The molecule has 3 nitrogen and oxygen atoms in total. The lowest BCUT2D eigenvalue weighted by Gasteiger charge is -2.42. The van der Waals surface area contributed by atoms with Crippen molar-refractivity contribution in [2.75, 3.05) is 13.2 Å². The summed E-state index contributed by atoms with van der Waals surface area (Å²) in [7, 11) is 0. The highest BCUT2D eigenvalue weighted by molar-refractivity contribution is 5.81. The second-order valence-corrected chi connectivity index (χ2v) is 4.38. The summed E-state index contributed by atoms with van der Waals surface area (Å²) in [6.07, 6.45) is 4.80. The Morgan fingerprint density at radius 1 is 1.44 bits per heavy atom. The average Bonchev–Trinajstić information content (AvgIpc) is 2.34. The van der Waals surface area contributed by atoms with Crippen LogP contribution in [0.4, 0.5) is 0 Å². The highest BCUT2D eigenvalue weighted by atomic mass is 16.5. The summed E-state index contributed by atoms with van der Waals surface area (Å²) >= 11 is 0. The van der Waals surface area contributed by atoms with Gasteiger partial charge in [0.15, 0.2) is 0 Å². The Bertz CT molecular complexity index is 419. The zero-order valence-electron chi connectivity index (χ0n) is 10.6. The van der Waals surface area contributed by atoms with E-state index in [2.05, 4.69) is 12.1 Å². The number of ether oxygens (including phenoxy) is 2. The van der Waals surface area contributed by atoms with Gasteiger partial charge in [-0.05, 0) is 12.5 Å². The first-order valence-corrected chi connectivity index (χ1v) is 6.26. The van der Waals surface area contributed by atoms with Crippen LogP contribution in [-0.2, 0) is 19.9 Å². The SMILES string of the molecule is CC=CC(=O)OCCC1(c2ccccc2)CCO1. The zero-order chi connectivity index (χ0) is 12.8. The Morgan fingerprint density at radius 3 is 2.72 bits per heavy atom. The van der Waals surface area contributed by atoms with Gasteiger partial charge in [-0.3, -0.25) is 0 Å². The lowest BCUT2D eigenvalue weighted by atomic mass is 9.84. The van der Waals surface area contributed by atoms with Crippen molar-refractivity contribution in [3.63, 3.8) is 0 Å². The van der Waals surface area contributed by atoms with Gasteiger partial charge in [0, 0.05) is 18.9 Å². The Kier molecular flexibility index (Phi) is 4.15. The summed E-state index contributed by atoms with van der Waals surface area (Å²) in [5, 5.41) is 0. The largest absolute Gasteiger partial charge is 0.462 e. The molecule has 0 aromatic heterocycles. The second kappa shape index (κ2) is 5.83. The van der Waals surface area contributed by atoms with Crippen molar-refractivity contribution >= 4 is 5.97 Å². The lowest BCUT2D eigenvalue weighted by molar-refractivity contribution is -0.169. The van der Waals surface area contributed by atoms with Crippen LogP contribution in [0.1, 0.15) is 25.3 Å². The number of hydrogen-bond acceptors (Lipinski definition) is 3. The van der Waals surface area contributed by atoms with Gasteiger partial charge < -0.3 is 9.47 Å². The quantitative estimate of drug-likeness (QED) is 0.592. The minimum absolute atomic E-state index is 0.253. The van der Waals surface area contributed by atoms with Crippen LogP contribution in [0.25, 0.3) is 0 Å². The van der Waals surface area contributed by atoms with Crippen LogP contribution < -0.4 is 0 Å². The summed E-state index contributed by atoms with van der Waals surface area (Å²) < 4.78 is 10.9. The normalized spacial score (nSPS) is 22.7. The van der Waals surface area contributed by atoms with Crippen molar-refractivity contribution in [3.8, 4) is 0 Å². The van der Waals surface area contributed by atoms with E-state index in [0.717, 1.165) is 13.0 Å². The standard InChI is InChI=1S/C15H18O3/c1-2-6-14(16)17-11-9-15(10-12-18-15)13-7-4-3-5-8-13/h2-8H,9-12H2,1H3. The van der Waals surface area contributed by atoms with Crippen LogP contribution in [0.2, 0.25) is 0 Å². The molecule has 2 rings (SSSR count). The van der Waals surface area contributed by atoms with Gasteiger partial charge >= 0.3 is 5.97 Å². The number of rotatable bonds is 5. The molecule has 1 aliphatic rings. The second-order valence-electron chi connectivity index (χ2n) is 4.38. The smallest absolute Gasteiger partial charge is 0.330 e. The van der Waals surface area contributed by atoms with E-state index in [9.17, 15) is 4.79 Å². The van der Waals surface area contributed by atoms with Gasteiger partial charge in [0.2, 0.25) is 0 Å². The molecule has 0 aliphatic carbocycles. The molecule has 96 valence electrons. The van der Waals surface area contributed by atoms with E-state index in [1.54, 1.807) is 13.0 Å². The van der Waals surface area contributed by atoms with Crippen LogP contribution in [0.5, 0.6) is 0 Å². The monoisotopic (exact) mass is 246 g/mol. The van der Waals surface area contributed by atoms with Gasteiger partial charge in [-0.25, -0.2) is 4.79 Å². The maximum atomic E-state index is 11.2. The predicted molar refractivity (Wildman–Crippen MR) is 69.1 cm³/mol. The number of esters is 1. The Hall–Kier alpha value is -1.61. The van der Waals surface area contributed by atoms with Gasteiger partial charge in [0.25, 0.3) is 0 Å². The summed E-state index contributed by atoms with van der Waals surface area (Å²) in [4.78, 5) is 11.2. The molecular formula is C15H18O3. The van der Waals surface area contributed by atoms with E-state index in [0.29, 0.717) is 13.0 Å². The molecule has 0 saturated carbocycles. The molecule has 3 heteroatoms. The Labute approximate surface area is 107 Å². The minimum Gasteiger partial charge on any atom is -0.462 e. The summed E-state index contributed by atoms with van der Waals surface area (Å²) in [5.41, 5.74) is 0.913. The van der Waals surface area contributed by atoms with Gasteiger partial charge in [-0.15, -0.1) is 0 Å². The number of carbonyl (C=O) groups excluding carboxylic acids is 1. The van der Waals surface area contributed by atoms with Crippen LogP contribution in [0.15, 0.2) is 42.5 Å². The number of benzene rings is 1. The fourth-order valence-electron chi connectivity index (χ4n) is 2.16. The summed E-state index contributed by atoms with van der Waals surface area (Å²) in [6, 6.07) is 10.1. The third-order valence-electron chi connectivity index (χ3n) is 3.24. The molecule has 18 heavy (non-hydrogen) atoms. The van der Waals surface area contributed by atoms with Crippen molar-refractivity contribution in [1.82, 2.24) is 0 Å². The predicted octanol–water partition coefficient (Wildman–Crippen LogP) is 2.81. The van der Waals surface area contributed by atoms with Crippen molar-refractivity contribution in [2.24, 2.45) is 0 Å². The molecule has 0 N–H and O–H groups in total. The van der Waals surface area contributed by atoms with Crippen LogP contribution >= 0.6 is 0 Å². The zero-order valence-corrected chi connectivity index (χ0v) is 10.6. The first-order chi connectivity index (χ1) is 8.77. The Morgan fingerprint density at radius 2 is 2.17 bits per heavy atom. The molecule has 0 amide bonds. The van der Waals surface area contributed by atoms with E-state index in [-0.39, 0.29) is 11.6 Å². The van der Waals surface area contributed by atoms with Crippen LogP contribution in [0, 0.1) is 0 Å². The third-order valence-corrected chi connectivity index (χ3v) is 3.24. The van der Waals surface area contributed by atoms with Crippen LogP contribution in [0.3, 0.4) is 0 Å². The topological polar surface area (TPSA) is 35.5 Å². The van der Waals surface area contributed by atoms with Crippen molar-refractivity contribution in [1.29, 1.82) is 0 Å². The highest BCUT2D eigenvalue weighted by Gasteiger charge is 2.39. The molecule has 1 heterocycles. The van der Waals surface area contributed by atoms with E-state index in [1.165, 1.54) is 11.6 Å². The fraction of sp³-hybridized carbons (Fsp3) is 0.400. The van der Waals surface area contributed by atoms with E-state index >= 15 is 0 Å². The number of hydrogen-bond donors (Lipinski definition) is 0. The first-order valence-electron chi connectivity index (χ1n) is 6.26. The molecule has 1 aromatic carbocycles. The van der Waals surface area contributed by atoms with Gasteiger partial charge in [0.05, 0.1) is 18.8 Å². The third kappa shape index (κ3) is 2.79. The van der Waals surface area contributed by atoms with Crippen molar-refractivity contribution in [2.45, 2.75) is 25.4 Å². The van der Waals surface area contributed by atoms with Crippen LogP contribution in [-0.4, -0.2) is 19.2 Å². The molecular weight excluding hydrogens is 228 g/mol. The summed E-state index contributed by atoms with van der Waals surface area (Å²) in [5.74, 6) is -0.292. The molecule has 0 bridgehead atoms. The lowest BCUT2D eigenvalue weighted by Crippen LogP contribution is -2.41. The number of carbonyl (C=O) groups is 1. The molecule has 0 radical (unpaired) electrons. The van der Waals surface area contributed by atoms with Crippen molar-refractivity contribution < 1.29 is 14.3 Å². The van der Waals surface area contributed by atoms with Gasteiger partial charge in [-0.2, -0.15) is 0 Å². The average molecular weight is 246 g/mol. The van der Waals surface area contributed by atoms with E-state index < -0.39 is 0 Å². The molecule has 1 fully saturated rings. The molecule has 1 aromatic rings. The highest BCUT2D eigenvalue weighted by Crippen LogP contribution is 2.40. The van der Waals surface area contributed by atoms with E-state index in [4.69, 9.17) is 9.47 Å². The molecule has 1 saturated heterocycles. The molecule has 1 atom stereocenters. The van der Waals surface area contributed by atoms with Gasteiger partial charge in [-0.1, -0.05) is 36.4 Å². The summed E-state index contributed by atoms with van der Waals surface area (Å²) in [6.45, 7) is 2.96. The fourth-order valence-corrected chi connectivity index (χ4v) is 2.16.